The van der Waals surface area contributed by atoms with E-state index >= 15 is 0 Å². The fraction of sp³-hybridized carbons (Fsp3) is 0.522. The van der Waals surface area contributed by atoms with Gasteiger partial charge in [-0.15, -0.1) is 0 Å². The third-order valence-corrected chi connectivity index (χ3v) is 5.90. The van der Waals surface area contributed by atoms with Crippen LogP contribution < -0.4 is 15.1 Å². The number of aryl methyl sites for hydroxylation is 1. The average molecular weight is 399 g/mol. The van der Waals surface area contributed by atoms with E-state index < -0.39 is 0 Å². The number of rotatable bonds is 5. The summed E-state index contributed by atoms with van der Waals surface area (Å²) in [7, 11) is 0. The van der Waals surface area contributed by atoms with E-state index in [0.717, 1.165) is 81.4 Å². The van der Waals surface area contributed by atoms with E-state index in [1.165, 1.54) is 12.5 Å². The molecular formula is C23H31FN4O. The molecule has 0 spiro atoms. The summed E-state index contributed by atoms with van der Waals surface area (Å²) < 4.78 is 19.2. The molecule has 29 heavy (non-hydrogen) atoms. The van der Waals surface area contributed by atoms with Gasteiger partial charge in [0.1, 0.15) is 5.82 Å². The van der Waals surface area contributed by atoms with E-state index in [1.54, 1.807) is 12.1 Å². The van der Waals surface area contributed by atoms with Gasteiger partial charge >= 0.3 is 0 Å². The quantitative estimate of drug-likeness (QED) is 0.822. The maximum absolute atomic E-state index is 13.7. The predicted molar refractivity (Wildman–Crippen MR) is 117 cm³/mol. The van der Waals surface area contributed by atoms with Crippen LogP contribution in [0.15, 0.2) is 36.5 Å². The molecule has 0 aliphatic carbocycles. The largest absolute Gasteiger partial charge is 0.379 e. The Balaban J connectivity index is 1.52. The van der Waals surface area contributed by atoms with Crippen LogP contribution in [0.5, 0.6) is 0 Å². The Morgan fingerprint density at radius 3 is 2.90 bits per heavy atom. The minimum Gasteiger partial charge on any atom is -0.379 e. The molecule has 2 aliphatic heterocycles. The Kier molecular flexibility index (Phi) is 6.49. The monoisotopic (exact) mass is 398 g/mol. The number of morpholine rings is 1. The summed E-state index contributed by atoms with van der Waals surface area (Å²) in [6, 6.07) is 9.46. The molecule has 0 saturated carbocycles. The number of pyridine rings is 1. The van der Waals surface area contributed by atoms with Crippen LogP contribution in [0.25, 0.3) is 0 Å². The Hall–Kier alpha value is -2.34. The van der Waals surface area contributed by atoms with Crippen LogP contribution in [-0.4, -0.2) is 50.4 Å². The summed E-state index contributed by atoms with van der Waals surface area (Å²) in [5.41, 5.74) is 4.41. The lowest BCUT2D eigenvalue weighted by Gasteiger charge is -2.32. The molecule has 1 aromatic heterocycles. The van der Waals surface area contributed by atoms with Gasteiger partial charge in [0.15, 0.2) is 0 Å². The zero-order valence-corrected chi connectivity index (χ0v) is 17.2. The number of benzene rings is 1. The van der Waals surface area contributed by atoms with Crippen molar-refractivity contribution < 1.29 is 9.13 Å². The molecule has 2 aliphatic rings. The van der Waals surface area contributed by atoms with E-state index in [4.69, 9.17) is 9.72 Å². The molecule has 1 saturated heterocycles. The number of nitrogens with one attached hydrogen (secondary N) is 1. The normalized spacial score (nSPS) is 19.7. The summed E-state index contributed by atoms with van der Waals surface area (Å²) in [6.45, 7) is 7.18. The molecule has 6 heteroatoms. The van der Waals surface area contributed by atoms with Crippen molar-refractivity contribution in [3.8, 4) is 0 Å². The molecule has 0 bridgehead atoms. The highest BCUT2D eigenvalue weighted by molar-refractivity contribution is 5.60. The number of halogens is 1. The molecule has 1 atom stereocenters. The first-order valence-electron chi connectivity index (χ1n) is 10.8. The molecule has 1 aromatic carbocycles. The minimum atomic E-state index is -0.184. The Labute approximate surface area is 172 Å². The molecular weight excluding hydrogens is 367 g/mol. The van der Waals surface area contributed by atoms with Gasteiger partial charge in [-0.2, -0.15) is 0 Å². The van der Waals surface area contributed by atoms with Crippen LogP contribution in [0.2, 0.25) is 0 Å². The second kappa shape index (κ2) is 9.44. The van der Waals surface area contributed by atoms with Crippen molar-refractivity contribution in [2.24, 2.45) is 0 Å². The van der Waals surface area contributed by atoms with Crippen molar-refractivity contribution in [3.05, 3.63) is 48.0 Å². The molecule has 156 valence electrons. The highest BCUT2D eigenvalue weighted by Crippen LogP contribution is 2.28. The van der Waals surface area contributed by atoms with Crippen LogP contribution >= 0.6 is 0 Å². The third-order valence-electron chi connectivity index (χ3n) is 5.90. The molecule has 4 rings (SSSR count). The Morgan fingerprint density at radius 2 is 2.10 bits per heavy atom. The zero-order chi connectivity index (χ0) is 20.1. The first kappa shape index (κ1) is 20.0. The average Bonchev–Trinajstić information content (AvgIpc) is 2.74. The van der Waals surface area contributed by atoms with E-state index in [0.29, 0.717) is 6.04 Å². The van der Waals surface area contributed by atoms with E-state index in [9.17, 15) is 4.39 Å². The molecule has 0 amide bonds. The van der Waals surface area contributed by atoms with Crippen molar-refractivity contribution >= 4 is 17.1 Å². The first-order chi connectivity index (χ1) is 14.2. The number of likely N-dealkylation sites (N-methyl/N-ethyl adjacent to an activating group) is 1. The van der Waals surface area contributed by atoms with Crippen LogP contribution in [0, 0.1) is 5.82 Å². The lowest BCUT2D eigenvalue weighted by atomic mass is 10.0. The van der Waals surface area contributed by atoms with Crippen LogP contribution in [0.3, 0.4) is 0 Å². The molecule has 3 heterocycles. The third kappa shape index (κ3) is 4.99. The standard InChI is InChI=1S/C23H31FN4O/c1-2-27(20-8-5-6-18(24)14-20)17-19-7-3-4-9-22-23(26-19)15-21(16-25-22)28-10-12-29-13-11-28/h5-6,8,14-16,19,26H,2-4,7,9-13,17H2,1H3. The van der Waals surface area contributed by atoms with E-state index in [2.05, 4.69) is 28.1 Å². The number of hydrogen-bond donors (Lipinski definition) is 1. The van der Waals surface area contributed by atoms with Crippen LogP contribution in [-0.2, 0) is 11.2 Å². The maximum Gasteiger partial charge on any atom is 0.125 e. The van der Waals surface area contributed by atoms with Crippen LogP contribution in [0.1, 0.15) is 31.9 Å². The van der Waals surface area contributed by atoms with Gasteiger partial charge in [0, 0.05) is 37.9 Å². The lowest BCUT2D eigenvalue weighted by molar-refractivity contribution is 0.122. The fourth-order valence-corrected chi connectivity index (χ4v) is 4.27. The SMILES string of the molecule is CCN(CC1CCCCc2ncc(N3CCOCC3)cc2N1)c1cccc(F)c1. The van der Waals surface area contributed by atoms with E-state index in [1.807, 2.05) is 12.3 Å². The second-order valence-corrected chi connectivity index (χ2v) is 7.89. The summed E-state index contributed by atoms with van der Waals surface area (Å²) in [4.78, 5) is 9.39. The first-order valence-corrected chi connectivity index (χ1v) is 10.8. The van der Waals surface area contributed by atoms with Gasteiger partial charge in [-0.05, 0) is 50.5 Å². The second-order valence-electron chi connectivity index (χ2n) is 7.89. The van der Waals surface area contributed by atoms with Gasteiger partial charge < -0.3 is 19.9 Å². The lowest BCUT2D eigenvalue weighted by Crippen LogP contribution is -2.38. The molecule has 1 N–H and O–H groups in total. The summed E-state index contributed by atoms with van der Waals surface area (Å²) in [5.74, 6) is -0.184. The van der Waals surface area contributed by atoms with Crippen molar-refractivity contribution in [2.45, 2.75) is 38.6 Å². The van der Waals surface area contributed by atoms with Gasteiger partial charge in [0.2, 0.25) is 0 Å². The van der Waals surface area contributed by atoms with Gasteiger partial charge in [-0.1, -0.05) is 12.5 Å². The van der Waals surface area contributed by atoms with Crippen molar-refractivity contribution in [1.82, 2.24) is 4.98 Å². The summed E-state index contributed by atoms with van der Waals surface area (Å²) >= 11 is 0. The molecule has 5 nitrogen and oxygen atoms in total. The van der Waals surface area contributed by atoms with Crippen molar-refractivity contribution in [2.75, 3.05) is 54.5 Å². The zero-order valence-electron chi connectivity index (χ0n) is 17.2. The Morgan fingerprint density at radius 1 is 1.24 bits per heavy atom. The fourth-order valence-electron chi connectivity index (χ4n) is 4.27. The number of hydrogen-bond acceptors (Lipinski definition) is 5. The number of anilines is 3. The van der Waals surface area contributed by atoms with Crippen LogP contribution in [0.4, 0.5) is 21.5 Å². The minimum absolute atomic E-state index is 0.184. The van der Waals surface area contributed by atoms with Gasteiger partial charge in [-0.25, -0.2) is 4.39 Å². The van der Waals surface area contributed by atoms with Crippen molar-refractivity contribution in [3.63, 3.8) is 0 Å². The topological polar surface area (TPSA) is 40.6 Å². The highest BCUT2D eigenvalue weighted by Gasteiger charge is 2.20. The van der Waals surface area contributed by atoms with Gasteiger partial charge in [-0.3, -0.25) is 4.98 Å². The number of fused-ring (bicyclic) bond motifs is 1. The van der Waals surface area contributed by atoms with E-state index in [-0.39, 0.29) is 5.82 Å². The molecule has 2 aromatic rings. The predicted octanol–water partition coefficient (Wildman–Crippen LogP) is 4.09. The molecule has 1 fully saturated rings. The highest BCUT2D eigenvalue weighted by atomic mass is 19.1. The number of nitrogens with zero attached hydrogens (tertiary/aromatic N) is 3. The van der Waals surface area contributed by atoms with Crippen molar-refractivity contribution in [1.29, 1.82) is 0 Å². The molecule has 1 unspecified atom stereocenters. The summed E-state index contributed by atoms with van der Waals surface area (Å²) in [5, 5.41) is 3.77. The number of aromatic nitrogens is 1. The van der Waals surface area contributed by atoms with Gasteiger partial charge in [0.25, 0.3) is 0 Å². The maximum atomic E-state index is 13.7. The summed E-state index contributed by atoms with van der Waals surface area (Å²) in [6.07, 6.45) is 6.45. The Bertz CT molecular complexity index is 809. The van der Waals surface area contributed by atoms with Gasteiger partial charge in [0.05, 0.1) is 36.5 Å². The molecule has 0 radical (unpaired) electrons. The number of ether oxygens (including phenoxy) is 1. The smallest absolute Gasteiger partial charge is 0.125 e.